The number of nitrogens with zero attached hydrogens (tertiary/aromatic N) is 3. The van der Waals surface area contributed by atoms with E-state index in [4.69, 9.17) is 5.26 Å². The Morgan fingerprint density at radius 1 is 1.20 bits per heavy atom. The molecule has 4 nitrogen and oxygen atoms in total. The molecule has 0 bridgehead atoms. The van der Waals surface area contributed by atoms with Gasteiger partial charge in [0.1, 0.15) is 11.6 Å². The van der Waals surface area contributed by atoms with Gasteiger partial charge in [-0.15, -0.1) is 0 Å². The van der Waals surface area contributed by atoms with E-state index in [1.54, 1.807) is 12.1 Å². The van der Waals surface area contributed by atoms with Crippen molar-refractivity contribution in [3.05, 3.63) is 58.5 Å². The summed E-state index contributed by atoms with van der Waals surface area (Å²) in [6.45, 7) is 0. The molecular formula is C11H7N3O. The van der Waals surface area contributed by atoms with Crippen molar-refractivity contribution in [1.82, 2.24) is 9.78 Å². The molecule has 0 aliphatic heterocycles. The average molecular weight is 197 g/mol. The van der Waals surface area contributed by atoms with Gasteiger partial charge in [0.25, 0.3) is 5.56 Å². The summed E-state index contributed by atoms with van der Waals surface area (Å²) < 4.78 is 1.21. The second-order valence-electron chi connectivity index (χ2n) is 2.91. The highest BCUT2D eigenvalue weighted by molar-refractivity contribution is 5.33. The maximum Gasteiger partial charge on any atom is 0.289 e. The van der Waals surface area contributed by atoms with Crippen LogP contribution < -0.4 is 5.56 Å². The van der Waals surface area contributed by atoms with Crippen molar-refractivity contribution in [1.29, 1.82) is 5.26 Å². The van der Waals surface area contributed by atoms with Crippen molar-refractivity contribution in [2.45, 2.75) is 0 Å². The molecule has 0 saturated carbocycles. The predicted octanol–water partition coefficient (Wildman–Crippen LogP) is 1.10. The lowest BCUT2D eigenvalue weighted by atomic mass is 10.3. The van der Waals surface area contributed by atoms with E-state index in [0.717, 1.165) is 0 Å². The average Bonchev–Trinajstić information content (AvgIpc) is 2.30. The molecule has 0 radical (unpaired) electrons. The topological polar surface area (TPSA) is 58.7 Å². The number of benzene rings is 1. The van der Waals surface area contributed by atoms with Gasteiger partial charge in [-0.25, -0.2) is 0 Å². The number of hydrogen-bond acceptors (Lipinski definition) is 3. The fourth-order valence-corrected chi connectivity index (χ4v) is 1.25. The minimum Gasteiger partial charge on any atom is -0.266 e. The highest BCUT2D eigenvalue weighted by atomic mass is 16.1. The third-order valence-electron chi connectivity index (χ3n) is 1.97. The molecular weight excluding hydrogens is 190 g/mol. The van der Waals surface area contributed by atoms with Gasteiger partial charge in [-0.05, 0) is 18.2 Å². The van der Waals surface area contributed by atoms with Gasteiger partial charge in [0.2, 0.25) is 0 Å². The van der Waals surface area contributed by atoms with E-state index in [2.05, 4.69) is 5.10 Å². The van der Waals surface area contributed by atoms with Crippen LogP contribution in [0.1, 0.15) is 5.56 Å². The molecule has 72 valence electrons. The lowest BCUT2D eigenvalue weighted by Gasteiger charge is -2.02. The Labute approximate surface area is 86.0 Å². The zero-order chi connectivity index (χ0) is 10.7. The second kappa shape index (κ2) is 3.76. The number of nitriles is 1. The van der Waals surface area contributed by atoms with Gasteiger partial charge in [-0.2, -0.15) is 15.0 Å². The van der Waals surface area contributed by atoms with Crippen LogP contribution in [0.15, 0.2) is 47.4 Å². The minimum absolute atomic E-state index is 0.0915. The summed E-state index contributed by atoms with van der Waals surface area (Å²) in [5.74, 6) is 0. The maximum absolute atomic E-state index is 11.7. The van der Waals surface area contributed by atoms with Crippen molar-refractivity contribution >= 4 is 0 Å². The molecule has 1 aromatic carbocycles. The van der Waals surface area contributed by atoms with Crippen LogP contribution in [-0.4, -0.2) is 9.78 Å². The molecule has 0 saturated heterocycles. The molecule has 0 unspecified atom stereocenters. The molecule has 0 atom stereocenters. The largest absolute Gasteiger partial charge is 0.289 e. The van der Waals surface area contributed by atoms with Crippen LogP contribution in [0.3, 0.4) is 0 Å². The molecule has 0 aliphatic rings. The van der Waals surface area contributed by atoms with E-state index in [0.29, 0.717) is 5.69 Å². The van der Waals surface area contributed by atoms with Gasteiger partial charge in [-0.1, -0.05) is 18.2 Å². The third kappa shape index (κ3) is 1.63. The minimum atomic E-state index is -0.397. The first-order valence-electron chi connectivity index (χ1n) is 4.37. The number of hydrogen-bond donors (Lipinski definition) is 0. The summed E-state index contributed by atoms with van der Waals surface area (Å²) in [5.41, 5.74) is 0.347. The molecule has 0 spiro atoms. The Balaban J connectivity index is 2.66. The van der Waals surface area contributed by atoms with E-state index >= 15 is 0 Å². The monoisotopic (exact) mass is 197 g/mol. The van der Waals surface area contributed by atoms with Crippen LogP contribution >= 0.6 is 0 Å². The SMILES string of the molecule is N#Cc1ccnn(-c2ccccc2)c1=O. The Kier molecular flexibility index (Phi) is 2.30. The summed E-state index contributed by atoms with van der Waals surface area (Å²) in [6.07, 6.45) is 1.44. The molecule has 2 aromatic rings. The zero-order valence-corrected chi connectivity index (χ0v) is 7.79. The highest BCUT2D eigenvalue weighted by Crippen LogP contribution is 2.01. The standard InChI is InChI=1S/C11H7N3O/c12-8-9-6-7-13-14(11(9)15)10-4-2-1-3-5-10/h1-7H. The molecule has 0 N–H and O–H groups in total. The fraction of sp³-hybridized carbons (Fsp3) is 0. The van der Waals surface area contributed by atoms with Crippen LogP contribution in [0, 0.1) is 11.3 Å². The van der Waals surface area contributed by atoms with Gasteiger partial charge in [0, 0.05) is 6.20 Å². The normalized spacial score (nSPS) is 9.53. The lowest BCUT2D eigenvalue weighted by Crippen LogP contribution is -2.22. The van der Waals surface area contributed by atoms with Crippen LogP contribution in [0.5, 0.6) is 0 Å². The molecule has 0 amide bonds. The molecule has 4 heteroatoms. The first kappa shape index (κ1) is 9.16. The first-order valence-corrected chi connectivity index (χ1v) is 4.37. The summed E-state index contributed by atoms with van der Waals surface area (Å²) in [5, 5.41) is 12.6. The fourth-order valence-electron chi connectivity index (χ4n) is 1.25. The quantitative estimate of drug-likeness (QED) is 0.687. The Bertz CT molecular complexity index is 566. The van der Waals surface area contributed by atoms with E-state index < -0.39 is 5.56 Å². The molecule has 0 aliphatic carbocycles. The summed E-state index contributed by atoms with van der Waals surface area (Å²) in [6, 6.07) is 12.2. The van der Waals surface area contributed by atoms with E-state index in [9.17, 15) is 4.79 Å². The van der Waals surface area contributed by atoms with Crippen molar-refractivity contribution in [3.63, 3.8) is 0 Å². The molecule has 2 rings (SSSR count). The zero-order valence-electron chi connectivity index (χ0n) is 7.79. The van der Waals surface area contributed by atoms with Gasteiger partial charge in [-0.3, -0.25) is 4.79 Å². The van der Waals surface area contributed by atoms with Crippen LogP contribution in [0.2, 0.25) is 0 Å². The van der Waals surface area contributed by atoms with Gasteiger partial charge < -0.3 is 0 Å². The van der Waals surface area contributed by atoms with Crippen LogP contribution in [0.25, 0.3) is 5.69 Å². The van der Waals surface area contributed by atoms with Gasteiger partial charge in [0.05, 0.1) is 5.69 Å². The van der Waals surface area contributed by atoms with Crippen molar-refractivity contribution in [2.24, 2.45) is 0 Å². The molecule has 15 heavy (non-hydrogen) atoms. The van der Waals surface area contributed by atoms with E-state index in [1.165, 1.54) is 16.9 Å². The number of para-hydroxylation sites is 1. The second-order valence-corrected chi connectivity index (χ2v) is 2.91. The van der Waals surface area contributed by atoms with Crippen molar-refractivity contribution in [2.75, 3.05) is 0 Å². The number of rotatable bonds is 1. The Hall–Kier alpha value is -2.41. The van der Waals surface area contributed by atoms with Crippen molar-refractivity contribution in [3.8, 4) is 11.8 Å². The predicted molar refractivity (Wildman–Crippen MR) is 54.5 cm³/mol. The summed E-state index contributed by atoms with van der Waals surface area (Å²) in [4.78, 5) is 11.7. The smallest absolute Gasteiger partial charge is 0.266 e. The summed E-state index contributed by atoms with van der Waals surface area (Å²) in [7, 11) is 0. The Morgan fingerprint density at radius 3 is 2.60 bits per heavy atom. The van der Waals surface area contributed by atoms with Gasteiger partial charge >= 0.3 is 0 Å². The van der Waals surface area contributed by atoms with Crippen LogP contribution in [-0.2, 0) is 0 Å². The molecule has 1 heterocycles. The molecule has 1 aromatic heterocycles. The van der Waals surface area contributed by atoms with E-state index in [-0.39, 0.29) is 5.56 Å². The lowest BCUT2D eigenvalue weighted by molar-refractivity contribution is 0.803. The first-order chi connectivity index (χ1) is 7.33. The molecule has 0 fully saturated rings. The van der Waals surface area contributed by atoms with Crippen LogP contribution in [0.4, 0.5) is 0 Å². The van der Waals surface area contributed by atoms with Gasteiger partial charge in [0.15, 0.2) is 0 Å². The summed E-state index contributed by atoms with van der Waals surface area (Å²) >= 11 is 0. The number of aromatic nitrogens is 2. The maximum atomic E-state index is 11.7. The third-order valence-corrected chi connectivity index (χ3v) is 1.97. The van der Waals surface area contributed by atoms with E-state index in [1.807, 2.05) is 24.3 Å². The highest BCUT2D eigenvalue weighted by Gasteiger charge is 2.04. The Morgan fingerprint density at radius 2 is 1.93 bits per heavy atom. The van der Waals surface area contributed by atoms with Crippen molar-refractivity contribution < 1.29 is 0 Å².